The SMILES string of the molecule is C#CC(C=C)C(=O)NCCOCC.C=CC(C)C(=O)NC1CCCCNC1=O.CC1=C(C)Sc2ccccc2C(c2ccc(F)cc2)=N1.CC1=CSc2ccccc2C(c2ccc(F)cc2)=N1. The van der Waals surface area contributed by atoms with Crippen LogP contribution in [0.15, 0.2) is 164 Å². The van der Waals surface area contributed by atoms with Crippen molar-refractivity contribution in [2.75, 3.05) is 26.3 Å². The van der Waals surface area contributed by atoms with E-state index in [1.54, 1.807) is 60.8 Å². The Hall–Kier alpha value is -6.33. The van der Waals surface area contributed by atoms with E-state index in [-0.39, 0.29) is 41.3 Å². The third-order valence-electron chi connectivity index (χ3n) is 10.3. The van der Waals surface area contributed by atoms with Crippen LogP contribution in [0.3, 0.4) is 0 Å². The van der Waals surface area contributed by atoms with Gasteiger partial charge < -0.3 is 20.7 Å². The van der Waals surface area contributed by atoms with E-state index in [2.05, 4.69) is 71.2 Å². The first-order valence-corrected chi connectivity index (χ1v) is 23.7. The zero-order chi connectivity index (χ0) is 48.7. The number of amides is 3. The van der Waals surface area contributed by atoms with Crippen molar-refractivity contribution in [3.63, 3.8) is 0 Å². The lowest BCUT2D eigenvalue weighted by molar-refractivity contribution is -0.129. The fourth-order valence-corrected chi connectivity index (χ4v) is 8.11. The molecule has 1 fully saturated rings. The van der Waals surface area contributed by atoms with Crippen LogP contribution in [0.4, 0.5) is 8.78 Å². The minimum absolute atomic E-state index is 0.0721. The maximum Gasteiger partial charge on any atom is 0.242 e. The molecule has 3 aliphatic rings. The molecular formula is C54H59F2N5O4S2. The second-order valence-corrected chi connectivity index (χ2v) is 17.5. The van der Waals surface area contributed by atoms with Crippen molar-refractivity contribution in [2.24, 2.45) is 21.8 Å². The topological polar surface area (TPSA) is 121 Å². The van der Waals surface area contributed by atoms with Crippen LogP contribution in [0, 0.1) is 35.8 Å². The van der Waals surface area contributed by atoms with Gasteiger partial charge in [-0.25, -0.2) is 8.78 Å². The van der Waals surface area contributed by atoms with Crippen molar-refractivity contribution in [1.29, 1.82) is 0 Å². The number of carbonyl (C=O) groups excluding carboxylic acids is 3. The van der Waals surface area contributed by atoms with Crippen LogP contribution in [0.5, 0.6) is 0 Å². The average molecular weight is 944 g/mol. The second kappa shape index (κ2) is 28.0. The number of allylic oxidation sites excluding steroid dienone is 3. The smallest absolute Gasteiger partial charge is 0.242 e. The van der Waals surface area contributed by atoms with E-state index >= 15 is 0 Å². The quantitative estimate of drug-likeness (QED) is 0.0782. The van der Waals surface area contributed by atoms with Crippen LogP contribution in [0.2, 0.25) is 0 Å². The van der Waals surface area contributed by atoms with Crippen molar-refractivity contribution in [1.82, 2.24) is 16.0 Å². The van der Waals surface area contributed by atoms with Gasteiger partial charge in [0.15, 0.2) is 0 Å². The predicted octanol–water partition coefficient (Wildman–Crippen LogP) is 10.8. The third kappa shape index (κ3) is 16.8. The lowest BCUT2D eigenvalue weighted by atomic mass is 10.0. The van der Waals surface area contributed by atoms with Gasteiger partial charge in [0.05, 0.1) is 23.9 Å². The summed E-state index contributed by atoms with van der Waals surface area (Å²) in [6, 6.07) is 29.0. The third-order valence-corrected chi connectivity index (χ3v) is 12.5. The van der Waals surface area contributed by atoms with Gasteiger partial charge >= 0.3 is 0 Å². The molecular weight excluding hydrogens is 885 g/mol. The number of ether oxygens (including phenoxy) is 1. The van der Waals surface area contributed by atoms with E-state index in [0.717, 1.165) is 64.3 Å². The molecule has 3 heterocycles. The van der Waals surface area contributed by atoms with Crippen LogP contribution < -0.4 is 16.0 Å². The van der Waals surface area contributed by atoms with Crippen LogP contribution in [0.1, 0.15) is 76.1 Å². The molecule has 3 N–H and O–H groups in total. The first-order chi connectivity index (χ1) is 32.3. The average Bonchev–Trinajstić information content (AvgIpc) is 3.71. The largest absolute Gasteiger partial charge is 0.380 e. The summed E-state index contributed by atoms with van der Waals surface area (Å²) in [5.74, 6) is 0.674. The molecule has 3 unspecified atom stereocenters. The maximum atomic E-state index is 13.1. The van der Waals surface area contributed by atoms with E-state index in [1.165, 1.54) is 45.0 Å². The Morgan fingerprint density at radius 2 is 1.45 bits per heavy atom. The Bertz CT molecular complexity index is 2510. The number of aliphatic imine (C=N–C) groups is 2. The molecule has 0 aromatic heterocycles. The van der Waals surface area contributed by atoms with Gasteiger partial charge in [-0.2, -0.15) is 0 Å². The fraction of sp³-hybridized carbons (Fsp3) is 0.278. The highest BCUT2D eigenvalue weighted by molar-refractivity contribution is 8.03. The van der Waals surface area contributed by atoms with Crippen LogP contribution in [-0.2, 0) is 19.1 Å². The molecule has 0 bridgehead atoms. The van der Waals surface area contributed by atoms with E-state index in [0.29, 0.717) is 26.3 Å². The van der Waals surface area contributed by atoms with E-state index in [1.807, 2.05) is 50.4 Å². The summed E-state index contributed by atoms with van der Waals surface area (Å²) in [6.07, 6.45) is 10.8. The van der Waals surface area contributed by atoms with Crippen LogP contribution in [0.25, 0.3) is 0 Å². The molecule has 3 amide bonds. The number of halogens is 2. The Morgan fingerprint density at radius 1 is 0.866 bits per heavy atom. The second-order valence-electron chi connectivity index (χ2n) is 15.3. The molecule has 0 saturated carbocycles. The summed E-state index contributed by atoms with van der Waals surface area (Å²) in [6.45, 7) is 19.1. The number of hydrogen-bond donors (Lipinski definition) is 3. The zero-order valence-corrected chi connectivity index (χ0v) is 40.4. The molecule has 67 heavy (non-hydrogen) atoms. The minimum atomic E-state index is -0.540. The number of nitrogens with zero attached hydrogens (tertiary/aromatic N) is 2. The molecule has 1 saturated heterocycles. The predicted molar refractivity (Wildman–Crippen MR) is 271 cm³/mol. The van der Waals surface area contributed by atoms with Gasteiger partial charge in [0, 0.05) is 68.0 Å². The van der Waals surface area contributed by atoms with Crippen molar-refractivity contribution in [3.8, 4) is 12.3 Å². The highest BCUT2D eigenvalue weighted by Crippen LogP contribution is 2.36. The number of benzene rings is 4. The monoisotopic (exact) mass is 943 g/mol. The number of thioether (sulfide) groups is 2. The summed E-state index contributed by atoms with van der Waals surface area (Å²) in [5.41, 5.74) is 7.83. The fourth-order valence-electron chi connectivity index (χ4n) is 6.37. The summed E-state index contributed by atoms with van der Waals surface area (Å²) in [5, 5.41) is 10.2. The molecule has 0 spiro atoms. The standard InChI is InChI=1S/C17H14FNS.C16H12FNS.C11H18N2O2.C10H15NO2/c1-11-12(2)20-16-6-4-3-5-15(16)17(19-11)13-7-9-14(18)10-8-13;1-11-10-19-15-5-3-2-4-14(15)16(18-11)12-6-8-13(17)9-7-12;1-3-8(2)10(14)13-9-6-4-5-7-12-11(9)15;1-4-9(5-2)10(12)11-7-8-13-6-3/h3-10H,1-2H3;2-10H,1H3;3,8-9H,1,4-7H2,2H3,(H,12,15)(H,13,14);1,5,9H,2,6-8H2,3H3,(H,11,12). The molecule has 350 valence electrons. The molecule has 3 atom stereocenters. The van der Waals surface area contributed by atoms with Crippen molar-refractivity contribution in [2.45, 2.75) is 69.7 Å². The maximum absolute atomic E-state index is 13.1. The van der Waals surface area contributed by atoms with Crippen LogP contribution in [-0.4, -0.2) is 61.5 Å². The highest BCUT2D eigenvalue weighted by atomic mass is 32.2. The summed E-state index contributed by atoms with van der Waals surface area (Å²) < 4.78 is 31.2. The van der Waals surface area contributed by atoms with Gasteiger partial charge in [-0.3, -0.25) is 24.4 Å². The molecule has 13 heteroatoms. The number of fused-ring (bicyclic) bond motifs is 2. The van der Waals surface area contributed by atoms with E-state index < -0.39 is 5.92 Å². The molecule has 9 nitrogen and oxygen atoms in total. The summed E-state index contributed by atoms with van der Waals surface area (Å²) >= 11 is 3.40. The van der Waals surface area contributed by atoms with Gasteiger partial charge in [-0.05, 0) is 113 Å². The van der Waals surface area contributed by atoms with Crippen LogP contribution >= 0.6 is 23.5 Å². The van der Waals surface area contributed by atoms with Gasteiger partial charge in [-0.1, -0.05) is 84.9 Å². The van der Waals surface area contributed by atoms with E-state index in [4.69, 9.17) is 16.2 Å². The van der Waals surface area contributed by atoms with E-state index in [9.17, 15) is 23.2 Å². The number of hydrogen-bond acceptors (Lipinski definition) is 8. The van der Waals surface area contributed by atoms with Crippen molar-refractivity contribution in [3.05, 3.63) is 178 Å². The number of terminal acetylenes is 1. The van der Waals surface area contributed by atoms with Gasteiger partial charge in [0.1, 0.15) is 23.6 Å². The molecule has 0 aliphatic carbocycles. The Morgan fingerprint density at radius 3 is 2.03 bits per heavy atom. The van der Waals surface area contributed by atoms with Gasteiger partial charge in [-0.15, -0.1) is 19.6 Å². The number of carbonyl (C=O) groups is 3. The Kier molecular flexibility index (Phi) is 22.3. The highest BCUT2D eigenvalue weighted by Gasteiger charge is 2.24. The molecule has 3 aliphatic heterocycles. The first kappa shape index (κ1) is 53.3. The molecule has 4 aromatic carbocycles. The first-order valence-electron chi connectivity index (χ1n) is 22.0. The lowest BCUT2D eigenvalue weighted by Crippen LogP contribution is -2.46. The lowest BCUT2D eigenvalue weighted by Gasteiger charge is -2.16. The summed E-state index contributed by atoms with van der Waals surface area (Å²) in [4.78, 5) is 47.2. The Balaban J connectivity index is 0.000000198. The van der Waals surface area contributed by atoms with Gasteiger partial charge in [0.25, 0.3) is 0 Å². The van der Waals surface area contributed by atoms with Crippen molar-refractivity contribution >= 4 is 52.7 Å². The molecule has 4 aromatic rings. The zero-order valence-electron chi connectivity index (χ0n) is 38.7. The normalized spacial score (nSPS) is 15.9. The van der Waals surface area contributed by atoms with Gasteiger partial charge in [0.2, 0.25) is 17.7 Å². The number of nitrogens with one attached hydrogen (secondary N) is 3. The molecule has 0 radical (unpaired) electrons. The number of rotatable bonds is 11. The summed E-state index contributed by atoms with van der Waals surface area (Å²) in [7, 11) is 0. The van der Waals surface area contributed by atoms with Crippen molar-refractivity contribution < 1.29 is 27.9 Å². The Labute approximate surface area is 402 Å². The minimum Gasteiger partial charge on any atom is -0.380 e. The molecule has 7 rings (SSSR count).